The molecule has 0 fully saturated rings. The quantitative estimate of drug-likeness (QED) is 0.943. The van der Waals surface area contributed by atoms with Gasteiger partial charge >= 0.3 is 0 Å². The summed E-state index contributed by atoms with van der Waals surface area (Å²) >= 11 is 3.33. The monoisotopic (exact) mass is 284 g/mol. The number of imidazole rings is 1. The van der Waals surface area contributed by atoms with E-state index in [0.717, 1.165) is 10.2 Å². The number of rotatable bonds is 3. The number of furan rings is 1. The molecule has 2 rings (SSSR count). The number of hydrogen-bond donors (Lipinski definition) is 1. The molecule has 2 aromatic heterocycles. The van der Waals surface area contributed by atoms with Gasteiger partial charge in [-0.1, -0.05) is 0 Å². The fourth-order valence-corrected chi connectivity index (χ4v) is 2.01. The summed E-state index contributed by atoms with van der Waals surface area (Å²) in [5.41, 5.74) is 0.727. The highest BCUT2D eigenvalue weighted by molar-refractivity contribution is 9.10. The first-order valence-electron chi connectivity index (χ1n) is 5.04. The van der Waals surface area contributed by atoms with E-state index in [1.807, 2.05) is 18.4 Å². The summed E-state index contributed by atoms with van der Waals surface area (Å²) in [4.78, 5) is 4.05. The van der Waals surface area contributed by atoms with E-state index >= 15 is 0 Å². The third-order valence-corrected chi connectivity index (χ3v) is 3.08. The van der Waals surface area contributed by atoms with Crippen LogP contribution in [0.4, 0.5) is 0 Å². The smallest absolute Gasteiger partial charge is 0.154 e. The highest BCUT2D eigenvalue weighted by Gasteiger charge is 2.21. The van der Waals surface area contributed by atoms with Crippen molar-refractivity contribution in [1.82, 2.24) is 9.55 Å². The molecule has 0 radical (unpaired) electrons. The van der Waals surface area contributed by atoms with E-state index in [-0.39, 0.29) is 6.04 Å². The normalized spacial score (nSPS) is 13.3. The number of nitrogens with zero attached hydrogens (tertiary/aromatic N) is 2. The van der Waals surface area contributed by atoms with Gasteiger partial charge in [0.25, 0.3) is 0 Å². The Labute approximate surface area is 102 Å². The Morgan fingerprint density at radius 2 is 2.25 bits per heavy atom. The fraction of sp³-hybridized carbons (Fsp3) is 0.364. The van der Waals surface area contributed by atoms with Crippen molar-refractivity contribution < 1.29 is 9.52 Å². The van der Waals surface area contributed by atoms with Crippen molar-refractivity contribution in [3.63, 3.8) is 0 Å². The molecule has 5 heteroatoms. The Balaban J connectivity index is 2.38. The van der Waals surface area contributed by atoms with Gasteiger partial charge in [-0.15, -0.1) is 0 Å². The van der Waals surface area contributed by atoms with Crippen LogP contribution in [0.2, 0.25) is 0 Å². The second-order valence-corrected chi connectivity index (χ2v) is 4.71. The Hall–Kier alpha value is -1.07. The van der Waals surface area contributed by atoms with Crippen LogP contribution in [-0.4, -0.2) is 14.7 Å². The van der Waals surface area contributed by atoms with Gasteiger partial charge in [-0.2, -0.15) is 0 Å². The Morgan fingerprint density at radius 3 is 2.81 bits per heavy atom. The first kappa shape index (κ1) is 11.4. The van der Waals surface area contributed by atoms with Crippen molar-refractivity contribution in [3.05, 3.63) is 40.8 Å². The van der Waals surface area contributed by atoms with E-state index in [0.29, 0.717) is 5.76 Å². The predicted octanol–water partition coefficient (Wildman–Crippen LogP) is 2.90. The Kier molecular flexibility index (Phi) is 3.16. The number of halogens is 1. The molecule has 0 amide bonds. The largest absolute Gasteiger partial charge is 0.465 e. The van der Waals surface area contributed by atoms with Gasteiger partial charge in [0.05, 0.1) is 29.0 Å². The van der Waals surface area contributed by atoms with Gasteiger partial charge in [0.15, 0.2) is 11.9 Å². The van der Waals surface area contributed by atoms with Gasteiger partial charge in [-0.25, -0.2) is 4.98 Å². The minimum Gasteiger partial charge on any atom is -0.465 e. The molecule has 1 atom stereocenters. The van der Waals surface area contributed by atoms with Gasteiger partial charge in [-0.3, -0.25) is 0 Å². The van der Waals surface area contributed by atoms with Gasteiger partial charge in [0, 0.05) is 6.04 Å². The summed E-state index contributed by atoms with van der Waals surface area (Å²) in [5.74, 6) is 0.502. The van der Waals surface area contributed by atoms with Crippen molar-refractivity contribution >= 4 is 15.9 Å². The van der Waals surface area contributed by atoms with Crippen LogP contribution < -0.4 is 0 Å². The lowest BCUT2D eigenvalue weighted by atomic mass is 10.2. The van der Waals surface area contributed by atoms with Crippen LogP contribution in [0.3, 0.4) is 0 Å². The summed E-state index contributed by atoms with van der Waals surface area (Å²) < 4.78 is 7.92. The van der Waals surface area contributed by atoms with Crippen LogP contribution in [-0.2, 0) is 0 Å². The lowest BCUT2D eigenvalue weighted by Gasteiger charge is -2.15. The topological polar surface area (TPSA) is 51.2 Å². The standard InChI is InChI=1S/C11H13BrN2O2/c1-7(2)14-6-13-5-9(14)10(15)11-8(12)3-4-16-11/h3-7,10,15H,1-2H3. The zero-order valence-corrected chi connectivity index (χ0v) is 10.7. The summed E-state index contributed by atoms with van der Waals surface area (Å²) in [7, 11) is 0. The van der Waals surface area contributed by atoms with E-state index in [1.165, 1.54) is 0 Å². The molecule has 0 spiro atoms. The SMILES string of the molecule is CC(C)n1cncc1C(O)c1occc1Br. The zero-order chi connectivity index (χ0) is 11.7. The van der Waals surface area contributed by atoms with Crippen LogP contribution in [0.5, 0.6) is 0 Å². The van der Waals surface area contributed by atoms with E-state index in [1.54, 1.807) is 24.9 Å². The summed E-state index contributed by atoms with van der Waals surface area (Å²) in [5, 5.41) is 10.2. The maximum absolute atomic E-state index is 10.2. The zero-order valence-electron chi connectivity index (χ0n) is 9.09. The third kappa shape index (κ3) is 1.92. The minimum absolute atomic E-state index is 0.251. The van der Waals surface area contributed by atoms with Crippen molar-refractivity contribution in [2.24, 2.45) is 0 Å². The molecule has 0 aliphatic heterocycles. The average Bonchev–Trinajstić information content (AvgIpc) is 2.84. The molecule has 0 saturated carbocycles. The minimum atomic E-state index is -0.797. The lowest BCUT2D eigenvalue weighted by Crippen LogP contribution is -2.09. The maximum Gasteiger partial charge on any atom is 0.154 e. The molecule has 0 aliphatic rings. The second-order valence-electron chi connectivity index (χ2n) is 3.85. The predicted molar refractivity (Wildman–Crippen MR) is 63.1 cm³/mol. The van der Waals surface area contributed by atoms with Gasteiger partial charge in [0.1, 0.15) is 0 Å². The first-order valence-corrected chi connectivity index (χ1v) is 5.83. The van der Waals surface area contributed by atoms with Gasteiger partial charge in [0.2, 0.25) is 0 Å². The molecular formula is C11H13BrN2O2. The Morgan fingerprint density at radius 1 is 1.50 bits per heavy atom. The van der Waals surface area contributed by atoms with E-state index < -0.39 is 6.10 Å². The second kappa shape index (κ2) is 4.43. The summed E-state index contributed by atoms with van der Waals surface area (Å²) in [6.07, 6.45) is 4.10. The number of aliphatic hydroxyl groups excluding tert-OH is 1. The highest BCUT2D eigenvalue weighted by atomic mass is 79.9. The first-order chi connectivity index (χ1) is 7.61. The third-order valence-electron chi connectivity index (χ3n) is 2.43. The molecular weight excluding hydrogens is 272 g/mol. The molecule has 1 unspecified atom stereocenters. The lowest BCUT2D eigenvalue weighted by molar-refractivity contribution is 0.177. The van der Waals surface area contributed by atoms with E-state index in [9.17, 15) is 5.11 Å². The van der Waals surface area contributed by atoms with Gasteiger partial charge < -0.3 is 14.1 Å². The van der Waals surface area contributed by atoms with Crippen LogP contribution in [0.1, 0.15) is 37.4 Å². The number of hydrogen-bond acceptors (Lipinski definition) is 3. The molecule has 0 aromatic carbocycles. The molecule has 2 aromatic rings. The van der Waals surface area contributed by atoms with Crippen molar-refractivity contribution in [2.45, 2.75) is 26.0 Å². The van der Waals surface area contributed by atoms with Crippen LogP contribution in [0.15, 0.2) is 33.7 Å². The number of aliphatic hydroxyl groups is 1. The molecule has 0 aliphatic carbocycles. The van der Waals surface area contributed by atoms with E-state index in [4.69, 9.17) is 4.42 Å². The van der Waals surface area contributed by atoms with Crippen molar-refractivity contribution in [1.29, 1.82) is 0 Å². The number of aromatic nitrogens is 2. The molecule has 1 N–H and O–H groups in total. The molecule has 4 nitrogen and oxygen atoms in total. The summed E-state index contributed by atoms with van der Waals surface area (Å²) in [6, 6.07) is 2.01. The van der Waals surface area contributed by atoms with Crippen LogP contribution >= 0.6 is 15.9 Å². The fourth-order valence-electron chi connectivity index (χ4n) is 1.59. The molecule has 2 heterocycles. The summed E-state index contributed by atoms with van der Waals surface area (Å²) in [6.45, 7) is 4.07. The highest BCUT2D eigenvalue weighted by Crippen LogP contribution is 2.30. The molecule has 0 bridgehead atoms. The van der Waals surface area contributed by atoms with Crippen molar-refractivity contribution in [3.8, 4) is 0 Å². The van der Waals surface area contributed by atoms with Crippen LogP contribution in [0, 0.1) is 0 Å². The van der Waals surface area contributed by atoms with Gasteiger partial charge in [-0.05, 0) is 35.8 Å². The Bertz CT molecular complexity index is 476. The molecule has 86 valence electrons. The molecule has 0 saturated heterocycles. The van der Waals surface area contributed by atoms with Crippen molar-refractivity contribution in [2.75, 3.05) is 0 Å². The van der Waals surface area contributed by atoms with Crippen LogP contribution in [0.25, 0.3) is 0 Å². The maximum atomic E-state index is 10.2. The van der Waals surface area contributed by atoms with E-state index in [2.05, 4.69) is 20.9 Å². The average molecular weight is 285 g/mol. The molecule has 16 heavy (non-hydrogen) atoms.